The van der Waals surface area contributed by atoms with E-state index >= 15 is 0 Å². The normalized spacial score (nSPS) is 14.2. The number of aldehydes is 1. The molecule has 2 aromatic rings. The minimum absolute atomic E-state index is 0.105. The van der Waals surface area contributed by atoms with Gasteiger partial charge in [-0.1, -0.05) is 0 Å². The lowest BCUT2D eigenvalue weighted by Gasteiger charge is -2.13. The number of rotatable bonds is 3. The first-order valence-electron chi connectivity index (χ1n) is 6.74. The number of barbiturate groups is 1. The molecule has 8 nitrogen and oxygen atoms in total. The van der Waals surface area contributed by atoms with E-state index in [2.05, 4.69) is 0 Å². The van der Waals surface area contributed by atoms with Gasteiger partial charge in [-0.2, -0.15) is 0 Å². The van der Waals surface area contributed by atoms with E-state index in [0.29, 0.717) is 17.6 Å². The van der Waals surface area contributed by atoms with Gasteiger partial charge in [0, 0.05) is 5.56 Å². The van der Waals surface area contributed by atoms with Crippen molar-refractivity contribution in [3.63, 3.8) is 0 Å². The summed E-state index contributed by atoms with van der Waals surface area (Å²) in [5.41, 5.74) is 0.371. The van der Waals surface area contributed by atoms with Crippen LogP contribution in [0, 0.1) is 0 Å². The van der Waals surface area contributed by atoms with Gasteiger partial charge in [-0.3, -0.25) is 25.0 Å². The third-order valence-electron chi connectivity index (χ3n) is 3.30. The Morgan fingerprint density at radius 3 is 2.38 bits per heavy atom. The zero-order chi connectivity index (χ0) is 17.3. The molecule has 3 N–H and O–H groups in total. The zero-order valence-electron chi connectivity index (χ0n) is 12.0. The molecule has 0 bridgehead atoms. The molecule has 120 valence electrons. The molecule has 0 radical (unpaired) electrons. The summed E-state index contributed by atoms with van der Waals surface area (Å²) in [4.78, 5) is 45.2. The van der Waals surface area contributed by atoms with Crippen molar-refractivity contribution in [3.8, 4) is 17.1 Å². The van der Waals surface area contributed by atoms with E-state index in [4.69, 9.17) is 4.42 Å². The molecule has 3 rings (SSSR count). The molecule has 1 aromatic heterocycles. The van der Waals surface area contributed by atoms with Crippen molar-refractivity contribution in [3.05, 3.63) is 47.2 Å². The van der Waals surface area contributed by atoms with Crippen molar-refractivity contribution in [2.24, 2.45) is 0 Å². The lowest BCUT2D eigenvalue weighted by Crippen LogP contribution is -2.51. The number of carbonyl (C=O) groups is 4. The number of imide groups is 2. The Morgan fingerprint density at radius 2 is 1.71 bits per heavy atom. The Bertz CT molecular complexity index is 887. The van der Waals surface area contributed by atoms with E-state index in [1.807, 2.05) is 10.6 Å². The van der Waals surface area contributed by atoms with Crippen molar-refractivity contribution in [1.29, 1.82) is 0 Å². The Morgan fingerprint density at radius 1 is 1.00 bits per heavy atom. The van der Waals surface area contributed by atoms with Gasteiger partial charge in [-0.05, 0) is 36.4 Å². The number of phenolic OH excluding ortho intramolecular Hbond substituents is 1. The van der Waals surface area contributed by atoms with Crippen molar-refractivity contribution >= 4 is 30.2 Å². The van der Waals surface area contributed by atoms with Gasteiger partial charge in [0.15, 0.2) is 6.29 Å². The van der Waals surface area contributed by atoms with Crippen LogP contribution in [-0.2, 0) is 9.59 Å². The third-order valence-corrected chi connectivity index (χ3v) is 3.30. The summed E-state index contributed by atoms with van der Waals surface area (Å²) >= 11 is 0. The van der Waals surface area contributed by atoms with Crippen LogP contribution in [0.5, 0.6) is 5.75 Å². The first-order valence-corrected chi connectivity index (χ1v) is 6.74. The third kappa shape index (κ3) is 2.80. The fraction of sp³-hybridized carbons (Fsp3) is 0. The van der Waals surface area contributed by atoms with Gasteiger partial charge in [0.05, 0.1) is 5.56 Å². The topological polar surface area (TPSA) is 126 Å². The molecule has 24 heavy (non-hydrogen) atoms. The summed E-state index contributed by atoms with van der Waals surface area (Å²) in [6.07, 6.45) is 1.71. The van der Waals surface area contributed by atoms with Crippen LogP contribution in [-0.4, -0.2) is 29.2 Å². The molecule has 2 heterocycles. The molecular formula is C16H10N2O6. The Kier molecular flexibility index (Phi) is 3.70. The molecule has 1 aliphatic rings. The maximum absolute atomic E-state index is 11.6. The van der Waals surface area contributed by atoms with Gasteiger partial charge < -0.3 is 9.52 Å². The molecule has 8 heteroatoms. The number of phenols is 1. The monoisotopic (exact) mass is 326 g/mol. The zero-order valence-corrected chi connectivity index (χ0v) is 12.0. The number of nitrogens with one attached hydrogen (secondary N) is 2. The van der Waals surface area contributed by atoms with E-state index < -0.39 is 17.8 Å². The molecule has 0 unspecified atom stereocenters. The van der Waals surface area contributed by atoms with Crippen LogP contribution in [0.25, 0.3) is 17.4 Å². The molecular weight excluding hydrogens is 316 g/mol. The maximum atomic E-state index is 11.6. The summed E-state index contributed by atoms with van der Waals surface area (Å²) in [6.45, 7) is 0. The fourth-order valence-electron chi connectivity index (χ4n) is 2.14. The van der Waals surface area contributed by atoms with Crippen molar-refractivity contribution in [1.82, 2.24) is 10.6 Å². The number of hydrogen-bond acceptors (Lipinski definition) is 6. The molecule has 0 atom stereocenters. The average Bonchev–Trinajstić information content (AvgIpc) is 3.00. The number of urea groups is 1. The van der Waals surface area contributed by atoms with Gasteiger partial charge in [-0.15, -0.1) is 0 Å². The molecule has 1 fully saturated rings. The van der Waals surface area contributed by atoms with Gasteiger partial charge in [-0.25, -0.2) is 4.79 Å². The summed E-state index contributed by atoms with van der Waals surface area (Å²) < 4.78 is 5.52. The minimum Gasteiger partial charge on any atom is -0.507 e. The van der Waals surface area contributed by atoms with E-state index in [1.54, 1.807) is 12.1 Å². The van der Waals surface area contributed by atoms with E-state index in [-0.39, 0.29) is 22.6 Å². The molecule has 4 amide bonds. The molecule has 1 saturated heterocycles. The van der Waals surface area contributed by atoms with Gasteiger partial charge in [0.2, 0.25) is 0 Å². The number of amides is 4. The van der Waals surface area contributed by atoms with E-state index in [0.717, 1.165) is 0 Å². The maximum Gasteiger partial charge on any atom is 0.328 e. The lowest BCUT2D eigenvalue weighted by molar-refractivity contribution is -0.123. The van der Waals surface area contributed by atoms with Gasteiger partial charge >= 0.3 is 6.03 Å². The fourth-order valence-corrected chi connectivity index (χ4v) is 2.14. The smallest absolute Gasteiger partial charge is 0.328 e. The number of benzene rings is 1. The van der Waals surface area contributed by atoms with Crippen LogP contribution in [0.2, 0.25) is 0 Å². The quantitative estimate of drug-likeness (QED) is 0.442. The van der Waals surface area contributed by atoms with E-state index in [1.165, 1.54) is 24.3 Å². The Labute approximate surface area is 134 Å². The standard InChI is InChI=1S/C16H10N2O6/c19-7-9-5-8(1-3-12(9)20)13-4-2-10(24-13)6-11-14(21)17-16(23)18-15(11)22/h1-7,20H,(H2,17,18,21,22,23). The first kappa shape index (κ1) is 15.2. The van der Waals surface area contributed by atoms with Crippen molar-refractivity contribution in [2.75, 3.05) is 0 Å². The van der Waals surface area contributed by atoms with Crippen LogP contribution >= 0.6 is 0 Å². The summed E-state index contributed by atoms with van der Waals surface area (Å²) in [6, 6.07) is 6.57. The number of furan rings is 1. The molecule has 0 spiro atoms. The van der Waals surface area contributed by atoms with Crippen LogP contribution in [0.15, 0.2) is 40.3 Å². The highest BCUT2D eigenvalue weighted by Gasteiger charge is 2.28. The second-order valence-electron chi connectivity index (χ2n) is 4.89. The second-order valence-corrected chi connectivity index (χ2v) is 4.89. The highest BCUT2D eigenvalue weighted by molar-refractivity contribution is 6.31. The largest absolute Gasteiger partial charge is 0.507 e. The lowest BCUT2D eigenvalue weighted by atomic mass is 10.1. The van der Waals surface area contributed by atoms with Crippen LogP contribution in [0.4, 0.5) is 4.79 Å². The minimum atomic E-state index is -0.882. The predicted molar refractivity (Wildman–Crippen MR) is 80.9 cm³/mol. The summed E-state index contributed by atoms with van der Waals surface area (Å²) in [7, 11) is 0. The van der Waals surface area contributed by atoms with Crippen molar-refractivity contribution in [2.45, 2.75) is 0 Å². The van der Waals surface area contributed by atoms with Crippen molar-refractivity contribution < 1.29 is 28.7 Å². The number of carbonyl (C=O) groups excluding carboxylic acids is 4. The first-order chi connectivity index (χ1) is 11.5. The molecule has 0 saturated carbocycles. The van der Waals surface area contributed by atoms with Gasteiger partial charge in [0.1, 0.15) is 22.8 Å². The SMILES string of the molecule is O=Cc1cc(-c2ccc(C=C3C(=O)NC(=O)NC3=O)o2)ccc1O. The Balaban J connectivity index is 1.92. The highest BCUT2D eigenvalue weighted by Crippen LogP contribution is 2.27. The number of aromatic hydroxyl groups is 1. The summed E-state index contributed by atoms with van der Waals surface area (Å²) in [5.74, 6) is -1.22. The second kappa shape index (κ2) is 5.84. The van der Waals surface area contributed by atoms with Gasteiger partial charge in [0.25, 0.3) is 11.8 Å². The molecule has 1 aliphatic heterocycles. The van der Waals surface area contributed by atoms with Crippen LogP contribution in [0.1, 0.15) is 16.1 Å². The summed E-state index contributed by atoms with van der Waals surface area (Å²) in [5, 5.41) is 13.4. The number of hydrogen-bond donors (Lipinski definition) is 3. The Hall–Kier alpha value is -3.68. The van der Waals surface area contributed by atoms with E-state index in [9.17, 15) is 24.3 Å². The van der Waals surface area contributed by atoms with Crippen LogP contribution in [0.3, 0.4) is 0 Å². The molecule has 0 aliphatic carbocycles. The highest BCUT2D eigenvalue weighted by atomic mass is 16.3. The predicted octanol–water partition coefficient (Wildman–Crippen LogP) is 1.21. The average molecular weight is 326 g/mol. The molecule has 1 aromatic carbocycles. The van der Waals surface area contributed by atoms with Crippen LogP contribution < -0.4 is 10.6 Å².